The van der Waals surface area contributed by atoms with E-state index in [4.69, 9.17) is 10.2 Å². The zero-order valence-corrected chi connectivity index (χ0v) is 10.6. The van der Waals surface area contributed by atoms with Gasteiger partial charge in [-0.3, -0.25) is 0 Å². The number of hydrogen-bond acceptors (Lipinski definition) is 3. The van der Waals surface area contributed by atoms with E-state index in [0.29, 0.717) is 11.6 Å². The normalized spacial score (nSPS) is 10.6. The lowest BCUT2D eigenvalue weighted by Gasteiger charge is -2.04. The molecule has 19 heavy (non-hydrogen) atoms. The van der Waals surface area contributed by atoms with Crippen molar-refractivity contribution in [2.45, 2.75) is 6.92 Å². The van der Waals surface area contributed by atoms with Crippen molar-refractivity contribution in [3.8, 4) is 22.8 Å². The number of benzene rings is 2. The minimum absolute atomic E-state index is 0.564. The molecule has 1 aromatic heterocycles. The summed E-state index contributed by atoms with van der Waals surface area (Å²) in [6.45, 7) is 2.00. The van der Waals surface area contributed by atoms with Crippen LogP contribution >= 0.6 is 0 Å². The molecule has 0 amide bonds. The van der Waals surface area contributed by atoms with Gasteiger partial charge < -0.3 is 10.2 Å². The number of aryl methyl sites for hydroxylation is 1. The minimum atomic E-state index is 0.564. The van der Waals surface area contributed by atoms with Gasteiger partial charge in [0, 0.05) is 11.3 Å². The zero-order chi connectivity index (χ0) is 13.2. The van der Waals surface area contributed by atoms with Crippen LogP contribution < -0.4 is 5.73 Å². The Labute approximate surface area is 111 Å². The second kappa shape index (κ2) is 4.61. The molecule has 3 nitrogen and oxygen atoms in total. The van der Waals surface area contributed by atoms with Crippen LogP contribution in [0, 0.1) is 6.92 Å². The van der Waals surface area contributed by atoms with Crippen LogP contribution in [0.3, 0.4) is 0 Å². The highest BCUT2D eigenvalue weighted by Gasteiger charge is 2.13. The molecule has 0 atom stereocenters. The van der Waals surface area contributed by atoms with E-state index in [1.54, 1.807) is 6.20 Å². The Morgan fingerprint density at radius 3 is 2.53 bits per heavy atom. The molecule has 0 bridgehead atoms. The second-order valence-electron chi connectivity index (χ2n) is 4.43. The van der Waals surface area contributed by atoms with Crippen LogP contribution in [0.25, 0.3) is 22.8 Å². The van der Waals surface area contributed by atoms with Gasteiger partial charge in [-0.1, -0.05) is 42.5 Å². The lowest BCUT2D eigenvalue weighted by atomic mass is 10.1. The number of oxazole rings is 1. The van der Waals surface area contributed by atoms with Gasteiger partial charge >= 0.3 is 0 Å². The molecular weight excluding hydrogens is 236 g/mol. The van der Waals surface area contributed by atoms with Crippen molar-refractivity contribution >= 4 is 5.69 Å². The van der Waals surface area contributed by atoms with Gasteiger partial charge in [0.2, 0.25) is 5.89 Å². The molecule has 1 heterocycles. The van der Waals surface area contributed by atoms with Crippen LogP contribution in [0.5, 0.6) is 0 Å². The van der Waals surface area contributed by atoms with E-state index in [-0.39, 0.29) is 0 Å². The van der Waals surface area contributed by atoms with Crippen LogP contribution in [-0.2, 0) is 0 Å². The number of nitrogen functional groups attached to an aromatic ring is 1. The van der Waals surface area contributed by atoms with Crippen molar-refractivity contribution in [2.24, 2.45) is 0 Å². The van der Waals surface area contributed by atoms with Crippen molar-refractivity contribution in [2.75, 3.05) is 5.73 Å². The smallest absolute Gasteiger partial charge is 0.229 e. The van der Waals surface area contributed by atoms with Gasteiger partial charge in [-0.05, 0) is 18.6 Å². The Morgan fingerprint density at radius 2 is 1.79 bits per heavy atom. The Hall–Kier alpha value is -2.55. The first-order chi connectivity index (χ1) is 9.25. The van der Waals surface area contributed by atoms with Gasteiger partial charge in [0.15, 0.2) is 5.76 Å². The van der Waals surface area contributed by atoms with Crippen LogP contribution in [0.2, 0.25) is 0 Å². The van der Waals surface area contributed by atoms with E-state index in [9.17, 15) is 0 Å². The number of hydrogen-bond donors (Lipinski definition) is 1. The average Bonchev–Trinajstić information content (AvgIpc) is 2.89. The molecule has 0 aliphatic heterocycles. The Bertz CT molecular complexity index is 682. The fraction of sp³-hybridized carbons (Fsp3) is 0.0625. The predicted octanol–water partition coefficient (Wildman–Crippen LogP) is 3.90. The van der Waals surface area contributed by atoms with E-state index in [2.05, 4.69) is 4.98 Å². The minimum Gasteiger partial charge on any atom is -0.436 e. The molecule has 0 radical (unpaired) electrons. The number of rotatable bonds is 2. The molecule has 0 aliphatic carbocycles. The van der Waals surface area contributed by atoms with E-state index in [1.807, 2.05) is 55.5 Å². The fourth-order valence-electron chi connectivity index (χ4n) is 2.11. The maximum Gasteiger partial charge on any atom is 0.229 e. The third kappa shape index (κ3) is 2.10. The number of nitrogens with two attached hydrogens (primary N) is 1. The summed E-state index contributed by atoms with van der Waals surface area (Å²) >= 11 is 0. The largest absolute Gasteiger partial charge is 0.436 e. The molecule has 3 heteroatoms. The Kier molecular flexibility index (Phi) is 2.80. The number of anilines is 1. The maximum absolute atomic E-state index is 6.00. The summed E-state index contributed by atoms with van der Waals surface area (Å²) in [5.41, 5.74) is 9.61. The maximum atomic E-state index is 6.00. The molecule has 0 saturated heterocycles. The summed E-state index contributed by atoms with van der Waals surface area (Å²) in [5.74, 6) is 1.31. The molecule has 0 fully saturated rings. The summed E-state index contributed by atoms with van der Waals surface area (Å²) in [6.07, 6.45) is 1.73. The van der Waals surface area contributed by atoms with Gasteiger partial charge in [0.25, 0.3) is 0 Å². The summed E-state index contributed by atoms with van der Waals surface area (Å²) < 4.78 is 5.83. The van der Waals surface area contributed by atoms with Gasteiger partial charge in [0.1, 0.15) is 0 Å². The first-order valence-electron chi connectivity index (χ1n) is 6.12. The van der Waals surface area contributed by atoms with Crippen molar-refractivity contribution in [3.05, 3.63) is 60.3 Å². The van der Waals surface area contributed by atoms with Gasteiger partial charge in [-0.15, -0.1) is 0 Å². The van der Waals surface area contributed by atoms with Crippen molar-refractivity contribution in [1.82, 2.24) is 4.98 Å². The molecule has 94 valence electrons. The molecule has 3 aromatic rings. The highest BCUT2D eigenvalue weighted by Crippen LogP contribution is 2.31. The Morgan fingerprint density at radius 1 is 1.00 bits per heavy atom. The Balaban J connectivity index is 2.07. The topological polar surface area (TPSA) is 52.0 Å². The monoisotopic (exact) mass is 250 g/mol. The van der Waals surface area contributed by atoms with Crippen LogP contribution in [0.15, 0.2) is 59.1 Å². The van der Waals surface area contributed by atoms with Gasteiger partial charge in [-0.2, -0.15) is 0 Å². The van der Waals surface area contributed by atoms with Crippen molar-refractivity contribution in [1.29, 1.82) is 0 Å². The lowest BCUT2D eigenvalue weighted by molar-refractivity contribution is 0.588. The quantitative estimate of drug-likeness (QED) is 0.702. The molecule has 2 aromatic carbocycles. The summed E-state index contributed by atoms with van der Waals surface area (Å²) in [4.78, 5) is 4.34. The molecule has 0 unspecified atom stereocenters. The molecule has 0 saturated carbocycles. The summed E-state index contributed by atoms with van der Waals surface area (Å²) in [7, 11) is 0. The third-order valence-corrected chi connectivity index (χ3v) is 3.08. The standard InChI is InChI=1S/C16H14N2O/c1-11-6-5-9-13(17)15(11)16-18-10-14(19-16)12-7-3-2-4-8-12/h2-10H,17H2,1H3. The number of nitrogens with zero attached hydrogens (tertiary/aromatic N) is 1. The van der Waals surface area contributed by atoms with E-state index >= 15 is 0 Å². The summed E-state index contributed by atoms with van der Waals surface area (Å²) in [5, 5.41) is 0. The second-order valence-corrected chi connectivity index (χ2v) is 4.43. The van der Waals surface area contributed by atoms with Crippen LogP contribution in [-0.4, -0.2) is 4.98 Å². The predicted molar refractivity (Wildman–Crippen MR) is 76.5 cm³/mol. The number of aromatic nitrogens is 1. The fourth-order valence-corrected chi connectivity index (χ4v) is 2.11. The van der Waals surface area contributed by atoms with E-state index in [1.165, 1.54) is 0 Å². The van der Waals surface area contributed by atoms with Gasteiger partial charge in [-0.25, -0.2) is 4.98 Å². The third-order valence-electron chi connectivity index (χ3n) is 3.08. The molecule has 3 rings (SSSR count). The van der Waals surface area contributed by atoms with Crippen molar-refractivity contribution < 1.29 is 4.42 Å². The highest BCUT2D eigenvalue weighted by molar-refractivity contribution is 5.74. The average molecular weight is 250 g/mol. The SMILES string of the molecule is Cc1cccc(N)c1-c1ncc(-c2ccccc2)o1. The summed E-state index contributed by atoms with van der Waals surface area (Å²) in [6, 6.07) is 15.7. The van der Waals surface area contributed by atoms with Gasteiger partial charge in [0.05, 0.1) is 11.8 Å². The van der Waals surface area contributed by atoms with E-state index < -0.39 is 0 Å². The zero-order valence-electron chi connectivity index (χ0n) is 10.6. The molecule has 0 spiro atoms. The lowest BCUT2D eigenvalue weighted by Crippen LogP contribution is -1.92. The van der Waals surface area contributed by atoms with Crippen LogP contribution in [0.1, 0.15) is 5.56 Å². The van der Waals surface area contributed by atoms with Crippen molar-refractivity contribution in [3.63, 3.8) is 0 Å². The highest BCUT2D eigenvalue weighted by atomic mass is 16.4. The van der Waals surface area contributed by atoms with Crippen LogP contribution in [0.4, 0.5) is 5.69 Å². The molecule has 2 N–H and O–H groups in total. The van der Waals surface area contributed by atoms with E-state index in [0.717, 1.165) is 22.5 Å². The molecular formula is C16H14N2O. The first-order valence-corrected chi connectivity index (χ1v) is 6.12. The molecule has 0 aliphatic rings. The first kappa shape index (κ1) is 11.5.